The molecule has 1 heterocycles. The van der Waals surface area contributed by atoms with Gasteiger partial charge in [0.1, 0.15) is 5.01 Å². The summed E-state index contributed by atoms with van der Waals surface area (Å²) >= 11 is 1.33. The van der Waals surface area contributed by atoms with Crippen molar-refractivity contribution in [1.29, 1.82) is 0 Å². The van der Waals surface area contributed by atoms with Gasteiger partial charge in [-0.2, -0.15) is 13.2 Å². The van der Waals surface area contributed by atoms with Crippen LogP contribution >= 0.6 is 11.3 Å². The van der Waals surface area contributed by atoms with Crippen LogP contribution in [0.1, 0.15) is 16.3 Å². The predicted molar refractivity (Wildman–Crippen MR) is 72.3 cm³/mol. The molecular formula is C12H10F3N3O2S. The van der Waals surface area contributed by atoms with E-state index < -0.39 is 22.4 Å². The first-order chi connectivity index (χ1) is 9.77. The number of benzene rings is 1. The molecule has 0 aliphatic carbocycles. The second-order valence-corrected chi connectivity index (χ2v) is 5.16. The van der Waals surface area contributed by atoms with Gasteiger partial charge < -0.3 is 5.32 Å². The van der Waals surface area contributed by atoms with Gasteiger partial charge in [-0.05, 0) is 13.0 Å². The second kappa shape index (κ2) is 5.68. The Balaban J connectivity index is 2.27. The van der Waals surface area contributed by atoms with Crippen LogP contribution in [-0.2, 0) is 12.7 Å². The molecule has 2 rings (SSSR count). The minimum absolute atomic E-state index is 0.124. The van der Waals surface area contributed by atoms with Crippen LogP contribution in [0.2, 0.25) is 0 Å². The lowest BCUT2D eigenvalue weighted by atomic mass is 10.1. The number of non-ortho nitro benzene ring substituents is 1. The zero-order valence-corrected chi connectivity index (χ0v) is 11.6. The third-order valence-corrected chi connectivity index (χ3v) is 3.58. The number of hydrogen-bond acceptors (Lipinski definition) is 5. The third-order valence-electron chi connectivity index (χ3n) is 2.62. The number of nitro benzene ring substituents is 1. The van der Waals surface area contributed by atoms with Crippen molar-refractivity contribution >= 4 is 22.7 Å². The van der Waals surface area contributed by atoms with E-state index in [9.17, 15) is 23.3 Å². The Morgan fingerprint density at radius 1 is 1.43 bits per heavy atom. The first-order valence-electron chi connectivity index (χ1n) is 5.78. The molecule has 0 bridgehead atoms. The number of aryl methyl sites for hydroxylation is 1. The van der Waals surface area contributed by atoms with Crippen LogP contribution in [0.5, 0.6) is 0 Å². The zero-order valence-electron chi connectivity index (χ0n) is 10.8. The number of nitrogens with one attached hydrogen (secondary N) is 1. The number of anilines is 1. The normalized spacial score (nSPS) is 11.4. The molecule has 1 N–H and O–H groups in total. The highest BCUT2D eigenvalue weighted by molar-refractivity contribution is 7.09. The van der Waals surface area contributed by atoms with Gasteiger partial charge in [0, 0.05) is 28.9 Å². The third kappa shape index (κ3) is 3.69. The molecule has 2 aromatic rings. The fraction of sp³-hybridized carbons (Fsp3) is 0.250. The summed E-state index contributed by atoms with van der Waals surface area (Å²) in [6, 6.07) is 2.61. The Hall–Kier alpha value is -2.16. The fourth-order valence-electron chi connectivity index (χ4n) is 1.69. The molecule has 0 saturated heterocycles. The van der Waals surface area contributed by atoms with Crippen molar-refractivity contribution in [2.24, 2.45) is 0 Å². The molecule has 5 nitrogen and oxygen atoms in total. The van der Waals surface area contributed by atoms with E-state index >= 15 is 0 Å². The Kier molecular flexibility index (Phi) is 4.12. The van der Waals surface area contributed by atoms with Crippen LogP contribution in [0.15, 0.2) is 23.6 Å². The molecule has 0 spiro atoms. The predicted octanol–water partition coefficient (Wildman–Crippen LogP) is 3.99. The SMILES string of the molecule is Cc1csc(CNc2ccc([N+](=O)[O-])cc2C(F)(F)F)n1. The average molecular weight is 317 g/mol. The average Bonchev–Trinajstić information content (AvgIpc) is 2.81. The Morgan fingerprint density at radius 2 is 2.14 bits per heavy atom. The van der Waals surface area contributed by atoms with E-state index in [1.165, 1.54) is 11.3 Å². The summed E-state index contributed by atoms with van der Waals surface area (Å²) in [6.45, 7) is 1.91. The second-order valence-electron chi connectivity index (χ2n) is 4.22. The highest BCUT2D eigenvalue weighted by Gasteiger charge is 2.35. The molecule has 0 fully saturated rings. The standard InChI is InChI=1S/C12H10F3N3O2S/c1-7-6-21-11(17-7)5-16-10-3-2-8(18(19)20)4-9(10)12(13,14)15/h2-4,6,16H,5H2,1H3. The van der Waals surface area contributed by atoms with Crippen molar-refractivity contribution in [1.82, 2.24) is 4.98 Å². The summed E-state index contributed by atoms with van der Waals surface area (Å²) in [7, 11) is 0. The van der Waals surface area contributed by atoms with Crippen molar-refractivity contribution in [2.45, 2.75) is 19.6 Å². The number of hydrogen-bond donors (Lipinski definition) is 1. The van der Waals surface area contributed by atoms with E-state index in [1.54, 1.807) is 12.3 Å². The van der Waals surface area contributed by atoms with Crippen molar-refractivity contribution in [3.8, 4) is 0 Å². The van der Waals surface area contributed by atoms with Gasteiger partial charge in [0.05, 0.1) is 17.0 Å². The number of rotatable bonds is 4. The van der Waals surface area contributed by atoms with E-state index in [2.05, 4.69) is 10.3 Å². The number of thiazole rings is 1. The molecule has 112 valence electrons. The molecule has 0 saturated carbocycles. The maximum atomic E-state index is 12.9. The maximum absolute atomic E-state index is 12.9. The lowest BCUT2D eigenvalue weighted by molar-refractivity contribution is -0.385. The lowest BCUT2D eigenvalue weighted by Gasteiger charge is -2.13. The van der Waals surface area contributed by atoms with Gasteiger partial charge in [-0.15, -0.1) is 11.3 Å². The van der Waals surface area contributed by atoms with Crippen LogP contribution in [0.3, 0.4) is 0 Å². The molecule has 9 heteroatoms. The van der Waals surface area contributed by atoms with Gasteiger partial charge in [0.15, 0.2) is 0 Å². The van der Waals surface area contributed by atoms with Crippen molar-refractivity contribution < 1.29 is 18.1 Å². The van der Waals surface area contributed by atoms with Crippen LogP contribution in [0.4, 0.5) is 24.5 Å². The molecule has 0 aliphatic rings. The molecular weight excluding hydrogens is 307 g/mol. The van der Waals surface area contributed by atoms with Crippen molar-refractivity contribution in [2.75, 3.05) is 5.32 Å². The zero-order chi connectivity index (χ0) is 15.6. The topological polar surface area (TPSA) is 68.1 Å². The summed E-state index contributed by atoms with van der Waals surface area (Å²) in [6.07, 6.45) is -4.67. The van der Waals surface area contributed by atoms with Gasteiger partial charge in [-0.1, -0.05) is 0 Å². The van der Waals surface area contributed by atoms with Gasteiger partial charge in [-0.3, -0.25) is 10.1 Å². The van der Waals surface area contributed by atoms with Gasteiger partial charge in [0.25, 0.3) is 5.69 Å². The van der Waals surface area contributed by atoms with Crippen LogP contribution in [-0.4, -0.2) is 9.91 Å². The number of nitrogens with zero attached hydrogens (tertiary/aromatic N) is 2. The van der Waals surface area contributed by atoms with Crippen LogP contribution < -0.4 is 5.32 Å². The fourth-order valence-corrected chi connectivity index (χ4v) is 2.40. The minimum atomic E-state index is -4.67. The number of halogens is 3. The molecule has 21 heavy (non-hydrogen) atoms. The van der Waals surface area contributed by atoms with E-state index in [1.807, 2.05) is 0 Å². The van der Waals surface area contributed by atoms with Gasteiger partial charge in [-0.25, -0.2) is 4.98 Å². The van der Waals surface area contributed by atoms with Crippen LogP contribution in [0.25, 0.3) is 0 Å². The largest absolute Gasteiger partial charge is 0.418 e. The molecule has 1 aromatic heterocycles. The quantitative estimate of drug-likeness (QED) is 0.684. The molecule has 1 aromatic carbocycles. The molecule has 0 atom stereocenters. The Bertz CT molecular complexity index is 670. The van der Waals surface area contributed by atoms with Gasteiger partial charge >= 0.3 is 6.18 Å². The molecule has 0 unspecified atom stereocenters. The summed E-state index contributed by atoms with van der Waals surface area (Å²) < 4.78 is 38.8. The van der Waals surface area contributed by atoms with Crippen molar-refractivity contribution in [3.63, 3.8) is 0 Å². The van der Waals surface area contributed by atoms with E-state index in [4.69, 9.17) is 0 Å². The number of aromatic nitrogens is 1. The minimum Gasteiger partial charge on any atom is -0.378 e. The summed E-state index contributed by atoms with van der Waals surface area (Å²) in [5.74, 6) is 0. The monoisotopic (exact) mass is 317 g/mol. The summed E-state index contributed by atoms with van der Waals surface area (Å²) in [4.78, 5) is 13.9. The Labute approximate surface area is 121 Å². The van der Waals surface area contributed by atoms with Crippen molar-refractivity contribution in [3.05, 3.63) is 50.0 Å². The number of alkyl halides is 3. The molecule has 0 aliphatic heterocycles. The Morgan fingerprint density at radius 3 is 2.67 bits per heavy atom. The van der Waals surface area contributed by atoms with E-state index in [0.29, 0.717) is 11.1 Å². The highest BCUT2D eigenvalue weighted by Crippen LogP contribution is 2.37. The number of nitro groups is 1. The van der Waals surface area contributed by atoms with E-state index in [0.717, 1.165) is 17.8 Å². The highest BCUT2D eigenvalue weighted by atomic mass is 32.1. The first kappa shape index (κ1) is 15.2. The summed E-state index contributed by atoms with van der Waals surface area (Å²) in [5, 5.41) is 15.6. The van der Waals surface area contributed by atoms with E-state index in [-0.39, 0.29) is 12.2 Å². The molecule has 0 amide bonds. The molecule has 0 radical (unpaired) electrons. The summed E-state index contributed by atoms with van der Waals surface area (Å²) in [5.41, 5.74) is -1.08. The lowest BCUT2D eigenvalue weighted by Crippen LogP contribution is -2.11. The maximum Gasteiger partial charge on any atom is 0.418 e. The van der Waals surface area contributed by atoms with Crippen LogP contribution in [0, 0.1) is 17.0 Å². The smallest absolute Gasteiger partial charge is 0.378 e. The van der Waals surface area contributed by atoms with Gasteiger partial charge in [0.2, 0.25) is 0 Å². The first-order valence-corrected chi connectivity index (χ1v) is 6.66.